The molecule has 1 atom stereocenters. The van der Waals surface area contributed by atoms with Gasteiger partial charge in [-0.05, 0) is 26.2 Å². The van der Waals surface area contributed by atoms with Crippen LogP contribution in [0.5, 0.6) is 0 Å². The van der Waals surface area contributed by atoms with Crippen molar-refractivity contribution in [1.29, 1.82) is 0 Å². The summed E-state index contributed by atoms with van der Waals surface area (Å²) < 4.78 is 23.2. The second kappa shape index (κ2) is 5.14. The van der Waals surface area contributed by atoms with Crippen LogP contribution in [0, 0.1) is 0 Å². The molecule has 2 N–H and O–H groups in total. The van der Waals surface area contributed by atoms with Gasteiger partial charge in [-0.15, -0.1) is 0 Å². The van der Waals surface area contributed by atoms with Crippen LogP contribution in [0.1, 0.15) is 26.2 Å². The van der Waals surface area contributed by atoms with E-state index in [9.17, 15) is 13.2 Å². The topological polar surface area (TPSA) is 80.5 Å². The van der Waals surface area contributed by atoms with Crippen molar-refractivity contribution in [3.05, 3.63) is 0 Å². The predicted octanol–water partition coefficient (Wildman–Crippen LogP) is -0.241. The fraction of sp³-hybridized carbons (Fsp3) is 0.900. The molecule has 6 heteroatoms. The molecule has 0 aromatic rings. The number of carbonyl (C=O) groups is 1. The lowest BCUT2D eigenvalue weighted by Crippen LogP contribution is -2.35. The molecule has 0 heterocycles. The van der Waals surface area contributed by atoms with Crippen LogP contribution in [-0.2, 0) is 14.6 Å². The van der Waals surface area contributed by atoms with E-state index >= 15 is 0 Å². The van der Waals surface area contributed by atoms with Crippen LogP contribution in [0.3, 0.4) is 0 Å². The second-order valence-electron chi connectivity index (χ2n) is 4.59. The van der Waals surface area contributed by atoms with Gasteiger partial charge in [0.1, 0.15) is 5.75 Å². The van der Waals surface area contributed by atoms with Crippen molar-refractivity contribution in [3.63, 3.8) is 0 Å². The first kappa shape index (κ1) is 13.4. The number of nitrogens with zero attached hydrogens (tertiary/aromatic N) is 1. The van der Waals surface area contributed by atoms with Gasteiger partial charge in [0.2, 0.25) is 5.91 Å². The van der Waals surface area contributed by atoms with E-state index in [2.05, 4.69) is 0 Å². The highest BCUT2D eigenvalue weighted by Gasteiger charge is 2.31. The summed E-state index contributed by atoms with van der Waals surface area (Å²) in [6.45, 7) is 1.76. The highest BCUT2D eigenvalue weighted by atomic mass is 32.2. The monoisotopic (exact) mass is 248 g/mol. The first-order valence-corrected chi connectivity index (χ1v) is 7.35. The number of sulfone groups is 1. The van der Waals surface area contributed by atoms with Gasteiger partial charge in [-0.3, -0.25) is 4.79 Å². The number of hydrogen-bond donors (Lipinski definition) is 1. The molecule has 1 unspecified atom stereocenters. The molecule has 94 valence electrons. The lowest BCUT2D eigenvalue weighted by Gasteiger charge is -2.16. The van der Waals surface area contributed by atoms with Crippen molar-refractivity contribution in [1.82, 2.24) is 4.90 Å². The molecular weight excluding hydrogens is 228 g/mol. The maximum absolute atomic E-state index is 11.6. The van der Waals surface area contributed by atoms with E-state index in [0.717, 1.165) is 12.8 Å². The Labute approximate surface area is 96.9 Å². The van der Waals surface area contributed by atoms with Gasteiger partial charge >= 0.3 is 0 Å². The molecular formula is C10H20N2O3S. The Hall–Kier alpha value is -0.620. The Balaban J connectivity index is 2.42. The Morgan fingerprint density at radius 2 is 2.06 bits per heavy atom. The summed E-state index contributed by atoms with van der Waals surface area (Å²) in [4.78, 5) is 13.1. The van der Waals surface area contributed by atoms with Crippen molar-refractivity contribution >= 4 is 15.7 Å². The van der Waals surface area contributed by atoms with Crippen LogP contribution >= 0.6 is 0 Å². The largest absolute Gasteiger partial charge is 0.342 e. The van der Waals surface area contributed by atoms with Crippen molar-refractivity contribution in [2.45, 2.75) is 38.3 Å². The number of nitrogens with two attached hydrogens (primary N) is 1. The number of amides is 1. The lowest BCUT2D eigenvalue weighted by molar-refractivity contribution is -0.127. The third-order valence-electron chi connectivity index (χ3n) is 2.72. The molecule has 1 amide bonds. The molecule has 1 fully saturated rings. The molecule has 0 aliphatic heterocycles. The smallest absolute Gasteiger partial charge is 0.237 e. The van der Waals surface area contributed by atoms with Gasteiger partial charge in [-0.1, -0.05) is 0 Å². The number of hydrogen-bond acceptors (Lipinski definition) is 4. The molecule has 1 aliphatic carbocycles. The lowest BCUT2D eigenvalue weighted by atomic mass is 10.3. The maximum atomic E-state index is 11.6. The highest BCUT2D eigenvalue weighted by molar-refractivity contribution is 7.92. The van der Waals surface area contributed by atoms with Crippen LogP contribution in [-0.4, -0.2) is 49.9 Å². The second-order valence-corrected chi connectivity index (χ2v) is 6.78. The van der Waals surface area contributed by atoms with E-state index in [1.807, 2.05) is 0 Å². The van der Waals surface area contributed by atoms with Gasteiger partial charge in [0.25, 0.3) is 0 Å². The van der Waals surface area contributed by atoms with Crippen LogP contribution in [0.2, 0.25) is 0 Å². The molecule has 0 bridgehead atoms. The quantitative estimate of drug-likeness (QED) is 0.703. The summed E-state index contributed by atoms with van der Waals surface area (Å²) in [6, 6.07) is 0.113. The van der Waals surface area contributed by atoms with Crippen molar-refractivity contribution in [3.8, 4) is 0 Å². The molecule has 1 aliphatic rings. The van der Waals surface area contributed by atoms with Gasteiger partial charge in [0.05, 0.1) is 5.75 Å². The summed E-state index contributed by atoms with van der Waals surface area (Å²) in [5.74, 6) is -0.686. The van der Waals surface area contributed by atoms with Gasteiger partial charge in [-0.2, -0.15) is 0 Å². The fourth-order valence-corrected chi connectivity index (χ4v) is 2.85. The zero-order chi connectivity index (χ0) is 12.3. The van der Waals surface area contributed by atoms with Crippen LogP contribution < -0.4 is 5.73 Å². The third kappa shape index (κ3) is 4.49. The van der Waals surface area contributed by atoms with E-state index < -0.39 is 9.84 Å². The van der Waals surface area contributed by atoms with E-state index in [1.165, 1.54) is 0 Å². The first-order chi connectivity index (χ1) is 7.32. The Bertz CT molecular complexity index is 347. The molecule has 0 aromatic heterocycles. The van der Waals surface area contributed by atoms with Gasteiger partial charge in [0, 0.05) is 19.1 Å². The summed E-state index contributed by atoms with van der Waals surface area (Å²) in [5, 5.41) is 0. The zero-order valence-corrected chi connectivity index (χ0v) is 10.7. The maximum Gasteiger partial charge on any atom is 0.237 e. The SMILES string of the molecule is CC(N)CCS(=O)(=O)CC(=O)N(C)C1CC1. The average Bonchev–Trinajstić information content (AvgIpc) is 2.96. The van der Waals surface area contributed by atoms with E-state index in [0.29, 0.717) is 6.42 Å². The van der Waals surface area contributed by atoms with Crippen molar-refractivity contribution in [2.24, 2.45) is 5.73 Å². The van der Waals surface area contributed by atoms with E-state index in [1.54, 1.807) is 18.9 Å². The summed E-state index contributed by atoms with van der Waals surface area (Å²) in [7, 11) is -1.63. The fourth-order valence-electron chi connectivity index (χ4n) is 1.39. The van der Waals surface area contributed by atoms with Gasteiger partial charge in [-0.25, -0.2) is 8.42 Å². The van der Waals surface area contributed by atoms with E-state index in [4.69, 9.17) is 5.73 Å². The standard InChI is InChI=1S/C10H20N2O3S/c1-8(11)5-6-16(14,15)7-10(13)12(2)9-3-4-9/h8-9H,3-7,11H2,1-2H3. The molecule has 16 heavy (non-hydrogen) atoms. The zero-order valence-electron chi connectivity index (χ0n) is 9.85. The average molecular weight is 248 g/mol. The Kier molecular flexibility index (Phi) is 4.32. The summed E-state index contributed by atoms with van der Waals surface area (Å²) in [6.07, 6.45) is 2.38. The van der Waals surface area contributed by atoms with Crippen LogP contribution in [0.15, 0.2) is 0 Å². The minimum absolute atomic E-state index is 0.00505. The predicted molar refractivity (Wildman–Crippen MR) is 62.7 cm³/mol. The minimum Gasteiger partial charge on any atom is -0.342 e. The summed E-state index contributed by atoms with van der Waals surface area (Å²) >= 11 is 0. The molecule has 1 saturated carbocycles. The number of carbonyl (C=O) groups excluding carboxylic acids is 1. The van der Waals surface area contributed by atoms with Crippen LogP contribution in [0.25, 0.3) is 0 Å². The highest BCUT2D eigenvalue weighted by Crippen LogP contribution is 2.25. The first-order valence-electron chi connectivity index (χ1n) is 5.53. The third-order valence-corrected chi connectivity index (χ3v) is 4.26. The normalized spacial score (nSPS) is 18.2. The van der Waals surface area contributed by atoms with E-state index in [-0.39, 0.29) is 29.5 Å². The molecule has 5 nitrogen and oxygen atoms in total. The molecule has 1 rings (SSSR count). The van der Waals surface area contributed by atoms with Gasteiger partial charge in [0.15, 0.2) is 9.84 Å². The van der Waals surface area contributed by atoms with Gasteiger partial charge < -0.3 is 10.6 Å². The van der Waals surface area contributed by atoms with Crippen LogP contribution in [0.4, 0.5) is 0 Å². The molecule has 0 spiro atoms. The molecule has 0 saturated heterocycles. The summed E-state index contributed by atoms with van der Waals surface area (Å²) in [5.41, 5.74) is 5.49. The molecule has 0 radical (unpaired) electrons. The Morgan fingerprint density at radius 3 is 2.50 bits per heavy atom. The van der Waals surface area contributed by atoms with Crippen molar-refractivity contribution in [2.75, 3.05) is 18.6 Å². The Morgan fingerprint density at radius 1 is 1.50 bits per heavy atom. The molecule has 0 aromatic carbocycles. The minimum atomic E-state index is -3.30. The number of rotatable bonds is 6. The van der Waals surface area contributed by atoms with Crippen molar-refractivity contribution < 1.29 is 13.2 Å².